The van der Waals surface area contributed by atoms with Crippen molar-refractivity contribution >= 4 is 40.6 Å². The Morgan fingerprint density at radius 3 is 2.13 bits per heavy atom. The number of piperidine rings is 1. The van der Waals surface area contributed by atoms with Crippen LogP contribution in [-0.4, -0.2) is 36.3 Å². The predicted octanol–water partition coefficient (Wildman–Crippen LogP) is 7.25. The van der Waals surface area contributed by atoms with Gasteiger partial charge in [-0.25, -0.2) is 4.39 Å². The smallest absolute Gasteiger partial charge is 0.352 e. The summed E-state index contributed by atoms with van der Waals surface area (Å²) in [6, 6.07) is 14.6. The Morgan fingerprint density at radius 1 is 0.897 bits per heavy atom. The molecule has 1 fully saturated rings. The first-order valence-corrected chi connectivity index (χ1v) is 12.9. The number of rotatable bonds is 6. The summed E-state index contributed by atoms with van der Waals surface area (Å²) in [6.07, 6.45) is -1.87. The molecule has 1 N–H and O–H groups in total. The minimum Gasteiger partial charge on any atom is -0.352 e. The van der Waals surface area contributed by atoms with Gasteiger partial charge in [-0.2, -0.15) is 13.2 Å². The fourth-order valence-electron chi connectivity index (χ4n) is 4.42. The van der Waals surface area contributed by atoms with Gasteiger partial charge in [0.25, 0.3) is 5.91 Å². The Hall–Kier alpha value is -3.36. The van der Waals surface area contributed by atoms with Crippen molar-refractivity contribution in [1.82, 2.24) is 10.2 Å². The SMILES string of the molecule is O=C(NCC1CCN(C(=O)/C=C(/c2ccc(C(F)(F)F)cc2)c2cccc(F)c2)CC1)c1cc(Cl)cc(Cl)c1. The minimum absolute atomic E-state index is 0.147. The number of benzene rings is 3. The molecule has 1 aliphatic heterocycles. The topological polar surface area (TPSA) is 49.4 Å². The first-order valence-electron chi connectivity index (χ1n) is 12.2. The number of nitrogens with zero attached hydrogens (tertiary/aromatic N) is 1. The van der Waals surface area contributed by atoms with E-state index in [4.69, 9.17) is 23.2 Å². The first-order chi connectivity index (χ1) is 18.5. The second kappa shape index (κ2) is 12.2. The standard InChI is InChI=1S/C29H24Cl2F4N2O2/c30-23-12-21(13-24(31)15-23)28(39)36-17-18-8-10-37(11-9-18)27(38)16-26(20-2-1-3-25(32)14-20)19-4-6-22(7-5-19)29(33,34)35/h1-7,12-16,18H,8-11,17H2,(H,36,39)/b26-16-. The Bertz CT molecular complexity index is 1360. The molecular formula is C29H24Cl2F4N2O2. The molecule has 0 spiro atoms. The highest BCUT2D eigenvalue weighted by atomic mass is 35.5. The third-order valence-electron chi connectivity index (χ3n) is 6.53. The van der Waals surface area contributed by atoms with Gasteiger partial charge in [0.2, 0.25) is 5.91 Å². The van der Waals surface area contributed by atoms with E-state index in [9.17, 15) is 27.2 Å². The number of alkyl halides is 3. The molecule has 0 atom stereocenters. The number of carbonyl (C=O) groups is 2. The maximum absolute atomic E-state index is 14.0. The van der Waals surface area contributed by atoms with Gasteiger partial charge >= 0.3 is 6.18 Å². The van der Waals surface area contributed by atoms with Crippen molar-refractivity contribution in [3.05, 3.63) is 111 Å². The minimum atomic E-state index is -4.50. The number of amides is 2. The molecular weight excluding hydrogens is 555 g/mol. The molecule has 3 aromatic rings. The lowest BCUT2D eigenvalue weighted by molar-refractivity contribution is -0.137. The second-order valence-corrected chi connectivity index (χ2v) is 10.2. The summed E-state index contributed by atoms with van der Waals surface area (Å²) in [5.41, 5.74) is 0.604. The molecule has 4 nitrogen and oxygen atoms in total. The van der Waals surface area contributed by atoms with Gasteiger partial charge in [-0.15, -0.1) is 0 Å². The number of hydrogen-bond donors (Lipinski definition) is 1. The normalized spacial score (nSPS) is 14.8. The molecule has 0 unspecified atom stereocenters. The largest absolute Gasteiger partial charge is 0.416 e. The molecule has 0 saturated carbocycles. The van der Waals surface area contributed by atoms with Crippen LogP contribution >= 0.6 is 23.2 Å². The zero-order valence-corrected chi connectivity index (χ0v) is 22.1. The average molecular weight is 579 g/mol. The molecule has 1 saturated heterocycles. The first kappa shape index (κ1) is 28.6. The maximum atomic E-state index is 14.0. The van der Waals surface area contributed by atoms with Crippen LogP contribution in [0.5, 0.6) is 0 Å². The highest BCUT2D eigenvalue weighted by Gasteiger charge is 2.30. The van der Waals surface area contributed by atoms with Crippen LogP contribution in [0, 0.1) is 11.7 Å². The fourth-order valence-corrected chi connectivity index (χ4v) is 4.95. The molecule has 10 heteroatoms. The van der Waals surface area contributed by atoms with E-state index in [1.165, 1.54) is 48.5 Å². The lowest BCUT2D eigenvalue weighted by Crippen LogP contribution is -2.41. The Balaban J connectivity index is 1.43. The Labute approximate surface area is 233 Å². The van der Waals surface area contributed by atoms with E-state index in [1.807, 2.05) is 0 Å². The Kier molecular flexibility index (Phi) is 8.97. The van der Waals surface area contributed by atoms with Gasteiger partial charge in [-0.3, -0.25) is 9.59 Å². The second-order valence-electron chi connectivity index (χ2n) is 9.28. The molecule has 204 valence electrons. The van der Waals surface area contributed by atoms with E-state index in [0.29, 0.717) is 64.8 Å². The third-order valence-corrected chi connectivity index (χ3v) is 6.97. The van der Waals surface area contributed by atoms with Crippen molar-refractivity contribution in [3.63, 3.8) is 0 Å². The summed E-state index contributed by atoms with van der Waals surface area (Å²) in [6.45, 7) is 1.28. The van der Waals surface area contributed by atoms with Crippen molar-refractivity contribution < 1.29 is 27.2 Å². The van der Waals surface area contributed by atoms with Crippen LogP contribution in [0.25, 0.3) is 5.57 Å². The van der Waals surface area contributed by atoms with Crippen LogP contribution in [-0.2, 0) is 11.0 Å². The van der Waals surface area contributed by atoms with E-state index in [0.717, 1.165) is 12.1 Å². The van der Waals surface area contributed by atoms with E-state index in [2.05, 4.69) is 5.32 Å². The maximum Gasteiger partial charge on any atom is 0.416 e. The van der Waals surface area contributed by atoms with Gasteiger partial charge < -0.3 is 10.2 Å². The molecule has 2 amide bonds. The predicted molar refractivity (Wildman–Crippen MR) is 143 cm³/mol. The molecule has 0 aliphatic carbocycles. The summed E-state index contributed by atoms with van der Waals surface area (Å²) < 4.78 is 53.1. The number of halogens is 6. The summed E-state index contributed by atoms with van der Waals surface area (Å²) in [4.78, 5) is 27.3. The van der Waals surface area contributed by atoms with Crippen molar-refractivity contribution in [3.8, 4) is 0 Å². The lowest BCUT2D eigenvalue weighted by atomic mass is 9.94. The van der Waals surface area contributed by atoms with Gasteiger partial charge in [0.15, 0.2) is 0 Å². The highest BCUT2D eigenvalue weighted by molar-refractivity contribution is 6.35. The number of hydrogen-bond acceptors (Lipinski definition) is 2. The monoisotopic (exact) mass is 578 g/mol. The zero-order valence-electron chi connectivity index (χ0n) is 20.6. The molecule has 1 heterocycles. The average Bonchev–Trinajstić information content (AvgIpc) is 2.89. The van der Waals surface area contributed by atoms with Crippen LogP contribution in [0.15, 0.2) is 72.8 Å². The zero-order chi connectivity index (χ0) is 28.2. The molecule has 4 rings (SSSR count). The quantitative estimate of drug-likeness (QED) is 0.247. The van der Waals surface area contributed by atoms with Crippen LogP contribution in [0.4, 0.5) is 17.6 Å². The number of carbonyl (C=O) groups excluding carboxylic acids is 2. The van der Waals surface area contributed by atoms with Gasteiger partial charge in [-0.1, -0.05) is 47.5 Å². The number of nitrogens with one attached hydrogen (secondary N) is 1. The fraction of sp³-hybridized carbons (Fsp3) is 0.241. The van der Waals surface area contributed by atoms with E-state index < -0.39 is 17.6 Å². The molecule has 3 aromatic carbocycles. The van der Waals surface area contributed by atoms with E-state index in [-0.39, 0.29) is 17.7 Å². The summed E-state index contributed by atoms with van der Waals surface area (Å²) in [5, 5.41) is 3.60. The highest BCUT2D eigenvalue weighted by Crippen LogP contribution is 2.32. The van der Waals surface area contributed by atoms with E-state index in [1.54, 1.807) is 17.0 Å². The summed E-state index contributed by atoms with van der Waals surface area (Å²) >= 11 is 11.9. The van der Waals surface area contributed by atoms with Crippen LogP contribution in [0.3, 0.4) is 0 Å². The molecule has 0 aromatic heterocycles. The molecule has 0 bridgehead atoms. The Morgan fingerprint density at radius 2 is 1.54 bits per heavy atom. The van der Waals surface area contributed by atoms with Gasteiger partial charge in [0, 0.05) is 41.3 Å². The lowest BCUT2D eigenvalue weighted by Gasteiger charge is -2.31. The van der Waals surface area contributed by atoms with Crippen LogP contribution < -0.4 is 5.32 Å². The summed E-state index contributed by atoms with van der Waals surface area (Å²) in [5.74, 6) is -1.00. The van der Waals surface area contributed by atoms with Gasteiger partial charge in [0.05, 0.1) is 5.56 Å². The molecule has 1 aliphatic rings. The van der Waals surface area contributed by atoms with Crippen molar-refractivity contribution in [1.29, 1.82) is 0 Å². The molecule has 0 radical (unpaired) electrons. The molecule has 39 heavy (non-hydrogen) atoms. The van der Waals surface area contributed by atoms with Crippen molar-refractivity contribution in [2.45, 2.75) is 19.0 Å². The van der Waals surface area contributed by atoms with Gasteiger partial charge in [0.1, 0.15) is 5.82 Å². The van der Waals surface area contributed by atoms with Crippen molar-refractivity contribution in [2.24, 2.45) is 5.92 Å². The third kappa shape index (κ3) is 7.61. The number of likely N-dealkylation sites (tertiary alicyclic amines) is 1. The van der Waals surface area contributed by atoms with Crippen LogP contribution in [0.2, 0.25) is 10.0 Å². The van der Waals surface area contributed by atoms with E-state index >= 15 is 0 Å². The van der Waals surface area contributed by atoms with Crippen molar-refractivity contribution in [2.75, 3.05) is 19.6 Å². The van der Waals surface area contributed by atoms with Crippen LogP contribution in [0.1, 0.15) is 39.9 Å². The van der Waals surface area contributed by atoms with Gasteiger partial charge in [-0.05, 0) is 77.9 Å². The summed E-state index contributed by atoms with van der Waals surface area (Å²) in [7, 11) is 0.